The highest BCUT2D eigenvalue weighted by molar-refractivity contribution is 7.00. The first-order chi connectivity index (χ1) is 24.0. The molecule has 0 bridgehead atoms. The second-order valence-electron chi connectivity index (χ2n) is 14.8. The maximum Gasteiger partial charge on any atom is 0.252 e. The summed E-state index contributed by atoms with van der Waals surface area (Å²) in [5, 5.41) is 13.3. The van der Waals surface area contributed by atoms with Crippen LogP contribution in [0.25, 0.3) is 87.3 Å². The summed E-state index contributed by atoms with van der Waals surface area (Å²) in [6.07, 6.45) is 0. The minimum absolute atomic E-state index is 0.111. The van der Waals surface area contributed by atoms with Gasteiger partial charge in [0.2, 0.25) is 0 Å². The van der Waals surface area contributed by atoms with Gasteiger partial charge in [0.25, 0.3) is 6.71 Å². The second kappa shape index (κ2) is 8.61. The third kappa shape index (κ3) is 3.02. The van der Waals surface area contributed by atoms with E-state index in [4.69, 9.17) is 0 Å². The molecule has 0 radical (unpaired) electrons. The average Bonchev–Trinajstić information content (AvgIpc) is 3.60. The van der Waals surface area contributed by atoms with Crippen molar-refractivity contribution in [3.8, 4) is 11.4 Å². The molecule has 0 aliphatic carbocycles. The van der Waals surface area contributed by atoms with Crippen molar-refractivity contribution in [2.24, 2.45) is 0 Å². The lowest BCUT2D eigenvalue weighted by molar-refractivity contribution is 1.16. The molecule has 0 amide bonds. The van der Waals surface area contributed by atoms with Gasteiger partial charge in [-0.2, -0.15) is 0 Å². The zero-order valence-electron chi connectivity index (χ0n) is 27.9. The van der Waals surface area contributed by atoms with Gasteiger partial charge in [0, 0.05) is 43.7 Å². The highest BCUT2D eigenvalue weighted by Crippen LogP contribution is 2.45. The number of aryl methyl sites for hydroxylation is 4. The van der Waals surface area contributed by atoms with E-state index in [0.29, 0.717) is 0 Å². The number of aromatic nitrogens is 2. The molecule has 3 heteroatoms. The number of fused-ring (bicyclic) bond motifs is 17. The molecule has 2 aliphatic rings. The first-order valence-electron chi connectivity index (χ1n) is 17.5. The molecule has 0 unspecified atom stereocenters. The zero-order chi connectivity index (χ0) is 32.4. The molecule has 0 fully saturated rings. The first-order valence-corrected chi connectivity index (χ1v) is 17.5. The van der Waals surface area contributed by atoms with Crippen LogP contribution in [-0.4, -0.2) is 15.8 Å². The first kappa shape index (κ1) is 26.2. The molecule has 0 spiro atoms. The van der Waals surface area contributed by atoms with E-state index in [0.717, 1.165) is 0 Å². The van der Waals surface area contributed by atoms with Crippen molar-refractivity contribution in [3.63, 3.8) is 0 Å². The monoisotopic (exact) mass is 622 g/mol. The van der Waals surface area contributed by atoms with Gasteiger partial charge in [0.1, 0.15) is 0 Å². The Hall–Kier alpha value is -5.80. The van der Waals surface area contributed by atoms with Crippen molar-refractivity contribution < 1.29 is 0 Å². The Kier molecular flexibility index (Phi) is 4.60. The van der Waals surface area contributed by atoms with Crippen molar-refractivity contribution >= 4 is 99.0 Å². The minimum atomic E-state index is 0.111. The third-order valence-corrected chi connectivity index (χ3v) is 11.8. The highest BCUT2D eigenvalue weighted by atomic mass is 15.0. The maximum atomic E-state index is 2.66. The van der Waals surface area contributed by atoms with Crippen molar-refractivity contribution in [2.45, 2.75) is 27.7 Å². The van der Waals surface area contributed by atoms with Gasteiger partial charge in [-0.25, -0.2) is 0 Å². The quantitative estimate of drug-likeness (QED) is 0.118. The van der Waals surface area contributed by atoms with Gasteiger partial charge in [-0.3, -0.25) is 0 Å². The van der Waals surface area contributed by atoms with Crippen LogP contribution in [0, 0.1) is 27.7 Å². The second-order valence-corrected chi connectivity index (χ2v) is 14.8. The molecule has 228 valence electrons. The molecule has 2 nitrogen and oxygen atoms in total. The minimum Gasteiger partial charge on any atom is -0.310 e. The average molecular weight is 623 g/mol. The van der Waals surface area contributed by atoms with E-state index < -0.39 is 0 Å². The van der Waals surface area contributed by atoms with Gasteiger partial charge in [-0.15, -0.1) is 0 Å². The largest absolute Gasteiger partial charge is 0.310 e. The molecular weight excluding hydrogens is 591 g/mol. The third-order valence-electron chi connectivity index (χ3n) is 11.8. The summed E-state index contributed by atoms with van der Waals surface area (Å²) in [5.41, 5.74) is 17.4. The Labute approximate surface area is 283 Å². The van der Waals surface area contributed by atoms with Gasteiger partial charge in [-0.05, 0) is 113 Å². The Morgan fingerprint density at radius 1 is 0.408 bits per heavy atom. The van der Waals surface area contributed by atoms with Crippen molar-refractivity contribution in [1.82, 2.24) is 9.13 Å². The van der Waals surface area contributed by atoms with E-state index in [2.05, 4.69) is 152 Å². The molecule has 8 aromatic carbocycles. The SMILES string of the molecule is Cc1ccc2c(c1)c1cc(C)cc3c1n2-c1cc2c4ccccc4c4ccccc4c2c2c1B3c1cc(C)cc3c4cc(C)ccc4n-2c13. The summed E-state index contributed by atoms with van der Waals surface area (Å²) < 4.78 is 5.27. The molecule has 2 aromatic heterocycles. The fourth-order valence-corrected chi connectivity index (χ4v) is 10.0. The van der Waals surface area contributed by atoms with Crippen molar-refractivity contribution in [1.29, 1.82) is 0 Å². The van der Waals surface area contributed by atoms with E-state index in [1.54, 1.807) is 0 Å². The lowest BCUT2D eigenvalue weighted by atomic mass is 9.34. The van der Waals surface area contributed by atoms with Crippen LogP contribution in [0.15, 0.2) is 115 Å². The fourth-order valence-electron chi connectivity index (χ4n) is 10.0. The molecular formula is C46H31BN2. The summed E-state index contributed by atoms with van der Waals surface area (Å²) in [4.78, 5) is 0. The van der Waals surface area contributed by atoms with E-state index in [1.807, 2.05) is 0 Å². The molecule has 0 N–H and O–H groups in total. The smallest absolute Gasteiger partial charge is 0.252 e. The fraction of sp³-hybridized carbons (Fsp3) is 0.0870. The van der Waals surface area contributed by atoms with Crippen LogP contribution < -0.4 is 16.4 Å². The number of hydrogen-bond acceptors (Lipinski definition) is 0. The molecule has 10 aromatic rings. The van der Waals surface area contributed by atoms with Crippen LogP contribution in [0.5, 0.6) is 0 Å². The normalized spacial score (nSPS) is 13.3. The lowest BCUT2D eigenvalue weighted by Crippen LogP contribution is -2.59. The number of hydrogen-bond donors (Lipinski definition) is 0. The van der Waals surface area contributed by atoms with E-state index >= 15 is 0 Å². The molecule has 0 saturated heterocycles. The van der Waals surface area contributed by atoms with E-state index in [-0.39, 0.29) is 6.71 Å². The summed E-state index contributed by atoms with van der Waals surface area (Å²) in [6.45, 7) is 9.11. The van der Waals surface area contributed by atoms with Gasteiger partial charge in [-0.1, -0.05) is 95.1 Å². The molecule has 4 heterocycles. The summed E-state index contributed by atoms with van der Waals surface area (Å²) >= 11 is 0. The summed E-state index contributed by atoms with van der Waals surface area (Å²) in [6, 6.07) is 44.6. The number of rotatable bonds is 0. The van der Waals surface area contributed by atoms with Crippen LogP contribution >= 0.6 is 0 Å². The van der Waals surface area contributed by atoms with Crippen LogP contribution in [0.1, 0.15) is 22.3 Å². The van der Waals surface area contributed by atoms with Crippen LogP contribution in [0.3, 0.4) is 0 Å². The van der Waals surface area contributed by atoms with Gasteiger partial charge >= 0.3 is 0 Å². The zero-order valence-corrected chi connectivity index (χ0v) is 27.9. The summed E-state index contributed by atoms with van der Waals surface area (Å²) in [7, 11) is 0. The van der Waals surface area contributed by atoms with Gasteiger partial charge < -0.3 is 9.13 Å². The van der Waals surface area contributed by atoms with E-state index in [9.17, 15) is 0 Å². The van der Waals surface area contributed by atoms with Crippen LogP contribution in [0.2, 0.25) is 0 Å². The van der Waals surface area contributed by atoms with Crippen molar-refractivity contribution in [2.75, 3.05) is 0 Å². The lowest BCUT2D eigenvalue weighted by Gasteiger charge is -2.35. The topological polar surface area (TPSA) is 9.86 Å². The molecule has 0 atom stereocenters. The van der Waals surface area contributed by atoms with Gasteiger partial charge in [0.05, 0.1) is 16.7 Å². The maximum absolute atomic E-state index is 2.66. The van der Waals surface area contributed by atoms with E-state index in [1.165, 1.54) is 126 Å². The predicted molar refractivity (Wildman–Crippen MR) is 211 cm³/mol. The number of nitrogens with zero attached hydrogens (tertiary/aromatic N) is 2. The Morgan fingerprint density at radius 3 is 1.51 bits per heavy atom. The Balaban J connectivity index is 1.45. The number of benzene rings is 8. The molecule has 49 heavy (non-hydrogen) atoms. The predicted octanol–water partition coefficient (Wildman–Crippen LogP) is 9.72. The van der Waals surface area contributed by atoms with Crippen LogP contribution in [0.4, 0.5) is 0 Å². The van der Waals surface area contributed by atoms with Crippen molar-refractivity contribution in [3.05, 3.63) is 138 Å². The van der Waals surface area contributed by atoms with Gasteiger partial charge in [0.15, 0.2) is 0 Å². The molecule has 2 aliphatic heterocycles. The summed E-state index contributed by atoms with van der Waals surface area (Å²) in [5.74, 6) is 0. The molecule has 12 rings (SSSR count). The Bertz CT molecular complexity index is 3210. The Morgan fingerprint density at radius 2 is 0.898 bits per heavy atom. The standard InChI is InChI=1S/C46H31BN2/c1-24-13-15-39-32(17-24)35-19-26(3)21-37-44(35)48(39)41-23-34-30-11-6-5-9-28(30)29-10-7-8-12-31(29)42(34)46-43(41)47(37)38-22-27(4)20-36-33-18-25(2)14-16-40(33)49(46)45(36)38/h5-23H,1-4H3. The highest BCUT2D eigenvalue weighted by Gasteiger charge is 2.42. The molecule has 0 saturated carbocycles. The van der Waals surface area contributed by atoms with Crippen LogP contribution in [-0.2, 0) is 0 Å².